The molecule has 0 aliphatic carbocycles. The number of nitrogens with zero attached hydrogens (tertiary/aromatic N) is 1. The smallest absolute Gasteiger partial charge is 0.408 e. The van der Waals surface area contributed by atoms with Gasteiger partial charge in [-0.2, -0.15) is 0 Å². The van der Waals surface area contributed by atoms with Crippen LogP contribution in [0.5, 0.6) is 0 Å². The quantitative estimate of drug-likeness (QED) is 0.111. The van der Waals surface area contributed by atoms with Gasteiger partial charge in [-0.05, 0) is 42.2 Å². The maximum Gasteiger partial charge on any atom is 0.408 e. The highest BCUT2D eigenvalue weighted by molar-refractivity contribution is 5.95. The molecular formula is C39H54N6O10. The van der Waals surface area contributed by atoms with E-state index in [9.17, 15) is 38.7 Å². The van der Waals surface area contributed by atoms with Gasteiger partial charge < -0.3 is 46.5 Å². The van der Waals surface area contributed by atoms with Crippen LogP contribution in [0, 0.1) is 11.8 Å². The van der Waals surface area contributed by atoms with Crippen molar-refractivity contribution < 1.29 is 48.1 Å². The SMILES string of the molecule is CC[C@H](C)[C@H](NC(=O)C1CCCN1C(=O)[C@H](O)[C@H](Cc1ccccc1)NC(=O)[C@H](CC(N)=O)NC(=O)OCc1ccccc1)C(=O)N[C@H](C(=O)OC)C(C)C. The summed E-state index contributed by atoms with van der Waals surface area (Å²) in [7, 11) is 1.22. The topological polar surface area (TPSA) is 236 Å². The van der Waals surface area contributed by atoms with Crippen molar-refractivity contribution in [1.82, 2.24) is 26.2 Å². The minimum Gasteiger partial charge on any atom is -0.467 e. The lowest BCUT2D eigenvalue weighted by atomic mass is 9.96. The van der Waals surface area contributed by atoms with Gasteiger partial charge in [0.25, 0.3) is 5.91 Å². The Kier molecular flexibility index (Phi) is 17.1. The molecule has 0 spiro atoms. The molecule has 1 aliphatic heterocycles. The van der Waals surface area contributed by atoms with E-state index in [1.54, 1.807) is 81.4 Å². The first-order chi connectivity index (χ1) is 26.2. The molecular weight excluding hydrogens is 712 g/mol. The molecule has 2 aromatic carbocycles. The van der Waals surface area contributed by atoms with Gasteiger partial charge in [-0.3, -0.25) is 24.0 Å². The summed E-state index contributed by atoms with van der Waals surface area (Å²) in [5.74, 6) is -5.15. The monoisotopic (exact) mass is 766 g/mol. The number of hydrogen-bond donors (Lipinski definition) is 6. The summed E-state index contributed by atoms with van der Waals surface area (Å²) in [5.41, 5.74) is 6.72. The van der Waals surface area contributed by atoms with Crippen molar-refractivity contribution in [3.8, 4) is 0 Å². The van der Waals surface area contributed by atoms with Crippen LogP contribution in [0.4, 0.5) is 4.79 Å². The summed E-state index contributed by atoms with van der Waals surface area (Å²) >= 11 is 0. The number of carbonyl (C=O) groups is 7. The molecule has 1 unspecified atom stereocenters. The zero-order valence-corrected chi connectivity index (χ0v) is 32.0. The Hall–Kier alpha value is -5.51. The van der Waals surface area contributed by atoms with Crippen LogP contribution in [0.3, 0.4) is 0 Å². The number of methoxy groups -OCH3 is 1. The number of primary amides is 1. The van der Waals surface area contributed by atoms with Gasteiger partial charge in [-0.1, -0.05) is 94.8 Å². The van der Waals surface area contributed by atoms with Gasteiger partial charge in [0.05, 0.1) is 19.6 Å². The first-order valence-electron chi connectivity index (χ1n) is 18.4. The average molecular weight is 767 g/mol. The molecule has 7 N–H and O–H groups in total. The minimum atomic E-state index is -1.88. The molecule has 0 aromatic heterocycles. The van der Waals surface area contributed by atoms with Crippen molar-refractivity contribution in [3.05, 3.63) is 71.8 Å². The number of aliphatic hydroxyl groups is 1. The summed E-state index contributed by atoms with van der Waals surface area (Å²) in [6.45, 7) is 7.11. The third kappa shape index (κ3) is 13.1. The van der Waals surface area contributed by atoms with E-state index in [1.165, 1.54) is 12.0 Å². The largest absolute Gasteiger partial charge is 0.467 e. The molecule has 16 heteroatoms. The van der Waals surface area contributed by atoms with Crippen LogP contribution in [0.15, 0.2) is 60.7 Å². The van der Waals surface area contributed by atoms with Gasteiger partial charge in [-0.25, -0.2) is 9.59 Å². The second kappa shape index (κ2) is 21.4. The second-order valence-corrected chi connectivity index (χ2v) is 14.0. The highest BCUT2D eigenvalue weighted by Gasteiger charge is 2.42. The Morgan fingerprint density at radius 3 is 2.04 bits per heavy atom. The van der Waals surface area contributed by atoms with E-state index in [2.05, 4.69) is 21.3 Å². The summed E-state index contributed by atoms with van der Waals surface area (Å²) in [4.78, 5) is 93.0. The van der Waals surface area contributed by atoms with Gasteiger partial charge in [-0.15, -0.1) is 0 Å². The molecule has 2 aromatic rings. The predicted octanol–water partition coefficient (Wildman–Crippen LogP) is 1.08. The predicted molar refractivity (Wildman–Crippen MR) is 200 cm³/mol. The normalized spacial score (nSPS) is 17.1. The number of likely N-dealkylation sites (tertiary alicyclic amines) is 1. The maximum absolute atomic E-state index is 14.0. The van der Waals surface area contributed by atoms with E-state index >= 15 is 0 Å². The van der Waals surface area contributed by atoms with Crippen molar-refractivity contribution in [2.45, 2.75) is 103 Å². The first-order valence-corrected chi connectivity index (χ1v) is 18.4. The Morgan fingerprint density at radius 1 is 0.855 bits per heavy atom. The van der Waals surface area contributed by atoms with Crippen LogP contribution in [0.1, 0.15) is 64.5 Å². The van der Waals surface area contributed by atoms with E-state index in [0.717, 1.165) is 0 Å². The lowest BCUT2D eigenvalue weighted by Crippen LogP contribution is -2.60. The van der Waals surface area contributed by atoms with Crippen molar-refractivity contribution in [1.29, 1.82) is 0 Å². The van der Waals surface area contributed by atoms with Gasteiger partial charge >= 0.3 is 12.1 Å². The zero-order chi connectivity index (χ0) is 40.7. The fourth-order valence-electron chi connectivity index (χ4n) is 6.17. The number of nitrogens with two attached hydrogens (primary N) is 1. The van der Waals surface area contributed by atoms with Crippen LogP contribution in [0.2, 0.25) is 0 Å². The van der Waals surface area contributed by atoms with Crippen molar-refractivity contribution in [2.24, 2.45) is 17.6 Å². The molecule has 16 nitrogen and oxygen atoms in total. The van der Waals surface area contributed by atoms with Crippen LogP contribution >= 0.6 is 0 Å². The Balaban J connectivity index is 1.80. The molecule has 0 bridgehead atoms. The maximum atomic E-state index is 14.0. The third-order valence-electron chi connectivity index (χ3n) is 9.54. The molecule has 0 radical (unpaired) electrons. The standard InChI is InChI=1S/C39H54N6O10/c1-6-24(4)32(36(50)43-31(23(2)3)38(52)54-5)44-35(49)29-18-13-19-45(29)37(51)33(47)27(20-25-14-9-7-10-15-25)41-34(48)28(21-30(40)46)42-39(53)55-22-26-16-11-8-12-17-26/h7-12,14-17,23-24,27-29,31-33,47H,6,13,18-22H2,1-5H3,(H2,40,46)(H,41,48)(H,42,53)(H,43,50)(H,44,49)/t24-,27-,28-,29?,31-,32-,33+/m0/s1. The van der Waals surface area contributed by atoms with Crippen molar-refractivity contribution >= 4 is 41.6 Å². The third-order valence-corrected chi connectivity index (χ3v) is 9.54. The summed E-state index contributed by atoms with van der Waals surface area (Å²) < 4.78 is 10.1. The van der Waals surface area contributed by atoms with Gasteiger partial charge in [0.1, 0.15) is 30.8 Å². The van der Waals surface area contributed by atoms with Crippen LogP contribution < -0.4 is 27.0 Å². The second-order valence-electron chi connectivity index (χ2n) is 14.0. The molecule has 3 rings (SSSR count). The van der Waals surface area contributed by atoms with E-state index in [4.69, 9.17) is 15.2 Å². The molecule has 55 heavy (non-hydrogen) atoms. The average Bonchev–Trinajstić information content (AvgIpc) is 3.67. The van der Waals surface area contributed by atoms with Crippen LogP contribution in [-0.4, -0.2) is 102 Å². The molecule has 7 atom stereocenters. The van der Waals surface area contributed by atoms with E-state index in [-0.39, 0.29) is 37.8 Å². The Bertz CT molecular complexity index is 1630. The number of aliphatic hydroxyl groups excluding tert-OH is 1. The van der Waals surface area contributed by atoms with E-state index in [1.807, 2.05) is 6.92 Å². The Labute approximate surface area is 321 Å². The summed E-state index contributed by atoms with van der Waals surface area (Å²) in [5, 5.41) is 22.0. The number of nitrogens with one attached hydrogen (secondary N) is 4. The number of hydrogen-bond acceptors (Lipinski definition) is 10. The summed E-state index contributed by atoms with van der Waals surface area (Å²) in [6, 6.07) is 11.6. The Morgan fingerprint density at radius 2 is 1.47 bits per heavy atom. The lowest BCUT2D eigenvalue weighted by Gasteiger charge is -2.32. The fraction of sp³-hybridized carbons (Fsp3) is 0.513. The van der Waals surface area contributed by atoms with Crippen molar-refractivity contribution in [3.63, 3.8) is 0 Å². The highest BCUT2D eigenvalue weighted by atomic mass is 16.5. The molecule has 1 aliphatic rings. The minimum absolute atomic E-state index is 0.0423. The molecule has 1 saturated heterocycles. The zero-order valence-electron chi connectivity index (χ0n) is 32.0. The van der Waals surface area contributed by atoms with E-state index in [0.29, 0.717) is 24.0 Å². The van der Waals surface area contributed by atoms with E-state index < -0.39 is 84.3 Å². The number of amides is 6. The number of carbonyl (C=O) groups excluding carboxylic acids is 7. The number of alkyl carbamates (subject to hydrolysis) is 1. The lowest BCUT2D eigenvalue weighted by molar-refractivity contribution is -0.148. The number of esters is 1. The summed E-state index contributed by atoms with van der Waals surface area (Å²) in [6.07, 6.45) is -2.36. The molecule has 6 amide bonds. The molecule has 1 heterocycles. The van der Waals surface area contributed by atoms with Crippen LogP contribution in [-0.2, 0) is 51.3 Å². The molecule has 1 fully saturated rings. The molecule has 0 saturated carbocycles. The first kappa shape index (κ1) is 43.9. The van der Waals surface area contributed by atoms with Gasteiger partial charge in [0.15, 0.2) is 6.10 Å². The molecule has 300 valence electrons. The fourth-order valence-corrected chi connectivity index (χ4v) is 6.17. The van der Waals surface area contributed by atoms with Gasteiger partial charge in [0, 0.05) is 6.54 Å². The number of ether oxygens (including phenoxy) is 2. The van der Waals surface area contributed by atoms with Crippen molar-refractivity contribution in [2.75, 3.05) is 13.7 Å². The number of benzene rings is 2. The van der Waals surface area contributed by atoms with Crippen LogP contribution in [0.25, 0.3) is 0 Å². The highest BCUT2D eigenvalue weighted by Crippen LogP contribution is 2.22. The number of rotatable bonds is 19. The van der Waals surface area contributed by atoms with Gasteiger partial charge in [0.2, 0.25) is 23.6 Å².